The van der Waals surface area contributed by atoms with Gasteiger partial charge in [0.2, 0.25) is 5.91 Å². The molecule has 3 rings (SSSR count). The zero-order chi connectivity index (χ0) is 24.8. The van der Waals surface area contributed by atoms with Gasteiger partial charge in [0.05, 0.1) is 34.9 Å². The van der Waals surface area contributed by atoms with Gasteiger partial charge in [-0.15, -0.1) is 0 Å². The van der Waals surface area contributed by atoms with E-state index in [4.69, 9.17) is 32.7 Å². The molecule has 0 spiro atoms. The number of carbonyl (C=O) groups is 4. The van der Waals surface area contributed by atoms with Gasteiger partial charge in [0.1, 0.15) is 6.54 Å². The molecule has 1 N–H and O–H groups in total. The Balaban J connectivity index is 1.75. The van der Waals surface area contributed by atoms with Gasteiger partial charge < -0.3 is 19.5 Å². The number of hydrogen-bond acceptors (Lipinski definition) is 8. The number of esters is 1. The number of imide groups is 1. The number of anilines is 1. The third kappa shape index (κ3) is 6.02. The number of methoxy groups -OCH3 is 2. The molecule has 1 fully saturated rings. The van der Waals surface area contributed by atoms with Gasteiger partial charge in [0, 0.05) is 0 Å². The number of amides is 3. The molecule has 0 aromatic heterocycles. The molecule has 0 aliphatic carbocycles. The molecule has 0 atom stereocenters. The molecular weight excluding hydrogens is 507 g/mol. The highest BCUT2D eigenvalue weighted by Crippen LogP contribution is 2.39. The Morgan fingerprint density at radius 3 is 2.53 bits per heavy atom. The summed E-state index contributed by atoms with van der Waals surface area (Å²) in [7, 11) is 2.60. The van der Waals surface area contributed by atoms with Crippen molar-refractivity contribution in [2.45, 2.75) is 0 Å². The first-order valence-electron chi connectivity index (χ1n) is 9.60. The van der Waals surface area contributed by atoms with Crippen LogP contribution >= 0.6 is 35.0 Å². The lowest BCUT2D eigenvalue weighted by Gasteiger charge is -2.13. The number of nitrogens with one attached hydrogen (secondary N) is 1. The maximum atomic E-state index is 12.8. The molecule has 9 nitrogen and oxygen atoms in total. The Labute approximate surface area is 208 Å². The molecule has 12 heteroatoms. The highest BCUT2D eigenvalue weighted by molar-refractivity contribution is 8.18. The predicted molar refractivity (Wildman–Crippen MR) is 128 cm³/mol. The lowest BCUT2D eigenvalue weighted by Crippen LogP contribution is -2.36. The highest BCUT2D eigenvalue weighted by atomic mass is 35.5. The van der Waals surface area contributed by atoms with E-state index in [-0.39, 0.29) is 28.0 Å². The molecule has 2 aromatic carbocycles. The van der Waals surface area contributed by atoms with Gasteiger partial charge in [0.25, 0.3) is 11.1 Å². The fourth-order valence-corrected chi connectivity index (χ4v) is 4.13. The summed E-state index contributed by atoms with van der Waals surface area (Å²) in [4.78, 5) is 49.7. The van der Waals surface area contributed by atoms with Crippen molar-refractivity contribution < 1.29 is 33.4 Å². The maximum Gasteiger partial charge on any atom is 0.343 e. The summed E-state index contributed by atoms with van der Waals surface area (Å²) in [5.74, 6) is -1.48. The Bertz CT molecular complexity index is 1190. The number of rotatable bonds is 8. The first-order chi connectivity index (χ1) is 16.2. The van der Waals surface area contributed by atoms with Gasteiger partial charge in [-0.1, -0.05) is 35.3 Å². The summed E-state index contributed by atoms with van der Waals surface area (Å²) in [6.45, 7) is -0.849. The molecule has 0 bridgehead atoms. The zero-order valence-electron chi connectivity index (χ0n) is 17.9. The van der Waals surface area contributed by atoms with Crippen LogP contribution in [0.25, 0.3) is 6.08 Å². The minimum absolute atomic E-state index is 0.0943. The number of nitrogens with zero attached hydrogens (tertiary/aromatic N) is 1. The first kappa shape index (κ1) is 25.4. The standard InChI is InChI=1S/C22H18Cl2N2O7S/c1-31-16-8-12(7-14(24)20(16)33-11-19(28)32-2)9-17-21(29)26(22(30)34-17)10-18(27)25-15-6-4-3-5-13(15)23/h3-9H,10-11H2,1-2H3,(H,25,27)/b17-9+. The van der Waals surface area contributed by atoms with E-state index in [2.05, 4.69) is 10.1 Å². The summed E-state index contributed by atoms with van der Waals surface area (Å²) in [6, 6.07) is 9.61. The van der Waals surface area contributed by atoms with Crippen LogP contribution in [0.4, 0.5) is 10.5 Å². The Hall–Kier alpha value is -3.21. The number of benzene rings is 2. The van der Waals surface area contributed by atoms with Crippen LogP contribution in [-0.4, -0.2) is 55.3 Å². The summed E-state index contributed by atoms with van der Waals surface area (Å²) in [5, 5.41) is 2.42. The Kier molecular flexibility index (Phi) is 8.43. The normalized spacial score (nSPS) is 14.4. The third-order valence-electron chi connectivity index (χ3n) is 4.43. The van der Waals surface area contributed by atoms with Crippen LogP contribution in [-0.2, 0) is 19.1 Å². The predicted octanol–water partition coefficient (Wildman–Crippen LogP) is 4.23. The van der Waals surface area contributed by atoms with E-state index in [1.165, 1.54) is 32.4 Å². The lowest BCUT2D eigenvalue weighted by atomic mass is 10.1. The summed E-state index contributed by atoms with van der Waals surface area (Å²) in [6.07, 6.45) is 1.44. The quantitative estimate of drug-likeness (QED) is 0.403. The smallest absolute Gasteiger partial charge is 0.343 e. The fraction of sp³-hybridized carbons (Fsp3) is 0.182. The van der Waals surface area contributed by atoms with E-state index in [9.17, 15) is 19.2 Å². The van der Waals surface area contributed by atoms with E-state index in [1.807, 2.05) is 0 Å². The van der Waals surface area contributed by atoms with Crippen molar-refractivity contribution in [3.63, 3.8) is 0 Å². The summed E-state index contributed by atoms with van der Waals surface area (Å²) >= 11 is 13.0. The molecule has 0 unspecified atom stereocenters. The largest absolute Gasteiger partial charge is 0.493 e. The molecule has 0 radical (unpaired) electrons. The number of para-hydroxylation sites is 1. The van der Waals surface area contributed by atoms with Crippen LogP contribution in [0.2, 0.25) is 10.0 Å². The molecule has 34 heavy (non-hydrogen) atoms. The third-order valence-corrected chi connectivity index (χ3v) is 5.95. The summed E-state index contributed by atoms with van der Waals surface area (Å²) in [5.41, 5.74) is 0.811. The molecular formula is C22H18Cl2N2O7S. The minimum Gasteiger partial charge on any atom is -0.493 e. The van der Waals surface area contributed by atoms with Crippen molar-refractivity contribution >= 4 is 69.8 Å². The number of thioether (sulfide) groups is 1. The molecule has 1 aliphatic rings. The number of carbonyl (C=O) groups excluding carboxylic acids is 4. The fourth-order valence-electron chi connectivity index (χ4n) is 2.84. The van der Waals surface area contributed by atoms with E-state index >= 15 is 0 Å². The van der Waals surface area contributed by atoms with Crippen molar-refractivity contribution in [1.82, 2.24) is 4.90 Å². The van der Waals surface area contributed by atoms with Crippen LogP contribution in [0.15, 0.2) is 41.3 Å². The van der Waals surface area contributed by atoms with E-state index in [1.54, 1.807) is 24.3 Å². The maximum absolute atomic E-state index is 12.8. The zero-order valence-corrected chi connectivity index (χ0v) is 20.3. The van der Waals surface area contributed by atoms with Crippen LogP contribution < -0.4 is 14.8 Å². The Morgan fingerprint density at radius 2 is 1.85 bits per heavy atom. The van der Waals surface area contributed by atoms with Crippen LogP contribution in [0.3, 0.4) is 0 Å². The van der Waals surface area contributed by atoms with Crippen molar-refractivity contribution in [2.24, 2.45) is 0 Å². The minimum atomic E-state index is -0.634. The van der Waals surface area contributed by atoms with Crippen molar-refractivity contribution in [1.29, 1.82) is 0 Å². The second-order valence-electron chi connectivity index (χ2n) is 6.69. The van der Waals surface area contributed by atoms with E-state index < -0.39 is 29.6 Å². The molecule has 3 amide bonds. The second kappa shape index (κ2) is 11.3. The first-order valence-corrected chi connectivity index (χ1v) is 11.2. The molecule has 2 aromatic rings. The average Bonchev–Trinajstić information content (AvgIpc) is 3.06. The topological polar surface area (TPSA) is 111 Å². The SMILES string of the molecule is COC(=O)COc1c(Cl)cc(/C=C2/SC(=O)N(CC(=O)Nc3ccccc3Cl)C2=O)cc1OC. The van der Waals surface area contributed by atoms with Gasteiger partial charge in [-0.05, 0) is 47.7 Å². The summed E-state index contributed by atoms with van der Waals surface area (Å²) < 4.78 is 15.1. The number of halogens is 2. The average molecular weight is 525 g/mol. The molecule has 0 saturated carbocycles. The van der Waals surface area contributed by atoms with Crippen molar-refractivity contribution in [3.8, 4) is 11.5 Å². The van der Waals surface area contributed by atoms with E-state index in [0.717, 1.165) is 4.90 Å². The van der Waals surface area contributed by atoms with Crippen LogP contribution in [0.5, 0.6) is 11.5 Å². The van der Waals surface area contributed by atoms with Crippen LogP contribution in [0.1, 0.15) is 5.56 Å². The lowest BCUT2D eigenvalue weighted by molar-refractivity contribution is -0.143. The second-order valence-corrected chi connectivity index (χ2v) is 8.50. The van der Waals surface area contributed by atoms with E-state index in [0.29, 0.717) is 28.0 Å². The van der Waals surface area contributed by atoms with Gasteiger partial charge in [-0.25, -0.2) is 4.79 Å². The molecule has 1 saturated heterocycles. The van der Waals surface area contributed by atoms with Gasteiger partial charge in [-0.3, -0.25) is 19.3 Å². The van der Waals surface area contributed by atoms with Gasteiger partial charge in [-0.2, -0.15) is 0 Å². The van der Waals surface area contributed by atoms with Crippen molar-refractivity contribution in [3.05, 3.63) is 56.9 Å². The van der Waals surface area contributed by atoms with Gasteiger partial charge in [0.15, 0.2) is 18.1 Å². The van der Waals surface area contributed by atoms with Crippen molar-refractivity contribution in [2.75, 3.05) is 32.7 Å². The monoisotopic (exact) mass is 524 g/mol. The molecule has 1 aliphatic heterocycles. The Morgan fingerprint density at radius 1 is 1.12 bits per heavy atom. The molecule has 1 heterocycles. The number of ether oxygens (including phenoxy) is 3. The highest BCUT2D eigenvalue weighted by Gasteiger charge is 2.36. The number of hydrogen-bond donors (Lipinski definition) is 1. The molecule has 178 valence electrons. The van der Waals surface area contributed by atoms with Gasteiger partial charge >= 0.3 is 5.97 Å². The van der Waals surface area contributed by atoms with Crippen LogP contribution in [0, 0.1) is 0 Å².